The number of esters is 4. The second kappa shape index (κ2) is 19.2. The molecule has 0 aromatic heterocycles. The van der Waals surface area contributed by atoms with Gasteiger partial charge in [0.25, 0.3) is 0 Å². The number of rotatable bonds is 12. The smallest absolute Gasteiger partial charge is 0.331 e. The molecule has 1 aliphatic heterocycles. The Morgan fingerprint density at radius 2 is 0.690 bits per heavy atom. The second-order valence-corrected chi connectivity index (χ2v) is 14.2. The van der Waals surface area contributed by atoms with Crippen LogP contribution in [0.2, 0.25) is 0 Å². The summed E-state index contributed by atoms with van der Waals surface area (Å²) >= 11 is 0. The van der Waals surface area contributed by atoms with Crippen LogP contribution in [-0.4, -0.2) is 66.3 Å². The third-order valence-corrected chi connectivity index (χ3v) is 10.1. The predicted octanol–water partition coefficient (Wildman–Crippen LogP) is 7.95. The molecule has 1 spiro atoms. The van der Waals surface area contributed by atoms with Crippen LogP contribution in [0.25, 0.3) is 24.3 Å². The summed E-state index contributed by atoms with van der Waals surface area (Å²) in [4.78, 5) is 54.8. The Kier molecular flexibility index (Phi) is 13.2. The number of carbonyl (C=O) groups is 4. The zero-order valence-electron chi connectivity index (χ0n) is 31.7. The van der Waals surface area contributed by atoms with E-state index in [1.807, 2.05) is 121 Å². The zero-order valence-corrected chi connectivity index (χ0v) is 31.7. The maximum Gasteiger partial charge on any atom is 0.331 e. The van der Waals surface area contributed by atoms with E-state index >= 15 is 0 Å². The molecule has 10 nitrogen and oxygen atoms in total. The fourth-order valence-corrected chi connectivity index (χ4v) is 7.38. The molecule has 2 aliphatic carbocycles. The maximum absolute atomic E-state index is 13.7. The van der Waals surface area contributed by atoms with Crippen molar-refractivity contribution < 1.29 is 47.6 Å². The Hall–Kier alpha value is -6.36. The van der Waals surface area contributed by atoms with Crippen LogP contribution in [-0.2, 0) is 47.6 Å². The van der Waals surface area contributed by atoms with Crippen LogP contribution in [0.3, 0.4) is 0 Å². The zero-order chi connectivity index (χ0) is 40.2. The first-order valence-electron chi connectivity index (χ1n) is 19.4. The number of benzene rings is 4. The summed E-state index contributed by atoms with van der Waals surface area (Å²) in [5.74, 6) is -4.28. The lowest BCUT2D eigenvalue weighted by atomic mass is 9.84. The normalized spacial score (nSPS) is 23.9. The van der Waals surface area contributed by atoms with Crippen molar-refractivity contribution in [3.63, 3.8) is 0 Å². The second-order valence-electron chi connectivity index (χ2n) is 14.2. The molecule has 2 saturated carbocycles. The molecule has 7 rings (SSSR count). The topological polar surface area (TPSA) is 124 Å². The molecule has 0 radical (unpaired) electrons. The summed E-state index contributed by atoms with van der Waals surface area (Å²) in [7, 11) is 0. The molecule has 0 N–H and O–H groups in total. The Bertz CT molecular complexity index is 1980. The van der Waals surface area contributed by atoms with Crippen molar-refractivity contribution in [2.75, 3.05) is 0 Å². The quantitative estimate of drug-likeness (QED) is 0.0795. The highest BCUT2D eigenvalue weighted by molar-refractivity contribution is 5.90. The van der Waals surface area contributed by atoms with Crippen molar-refractivity contribution in [3.05, 3.63) is 168 Å². The summed E-state index contributed by atoms with van der Waals surface area (Å²) < 4.78 is 37.9. The molecular weight excluding hydrogens is 737 g/mol. The summed E-state index contributed by atoms with van der Waals surface area (Å²) in [6.07, 6.45) is 6.98. The molecule has 58 heavy (non-hydrogen) atoms. The largest absolute Gasteiger partial charge is 0.452 e. The van der Waals surface area contributed by atoms with Crippen molar-refractivity contribution in [1.29, 1.82) is 0 Å². The van der Waals surface area contributed by atoms with Gasteiger partial charge in [0.05, 0.1) is 0 Å². The minimum Gasteiger partial charge on any atom is -0.452 e. The van der Waals surface area contributed by atoms with Gasteiger partial charge in [-0.2, -0.15) is 0 Å². The Balaban J connectivity index is 1.27. The average molecular weight is 781 g/mol. The van der Waals surface area contributed by atoms with Gasteiger partial charge >= 0.3 is 23.9 Å². The van der Waals surface area contributed by atoms with Gasteiger partial charge < -0.3 is 28.4 Å². The molecule has 4 unspecified atom stereocenters. The molecule has 3 fully saturated rings. The van der Waals surface area contributed by atoms with Gasteiger partial charge in [0, 0.05) is 37.1 Å². The standard InChI is InChI=1S/C48H44O10/c49-38(28-24-34-16-6-1-7-17-34)53-42-43(54-39(50)29-25-35-18-8-2-9-19-35)45(56-41(52)31-27-37-22-12-4-13-23-37)47-46(57-48(58-47)32-14-5-15-33-48)44(42)55-40(51)30-26-36-20-10-3-11-21-36/h1-4,6-13,16-31,42-47H,5,14-15,32-33H2/b28-24+,29-25+,30-26+,31-27+/t42?,43?,44-,45+,46?,47?. The lowest BCUT2D eigenvalue weighted by Crippen LogP contribution is -2.66. The van der Waals surface area contributed by atoms with Gasteiger partial charge in [-0.1, -0.05) is 128 Å². The van der Waals surface area contributed by atoms with Crippen LogP contribution in [0, 0.1) is 0 Å². The highest BCUT2D eigenvalue weighted by atomic mass is 16.8. The SMILES string of the molecule is O=C(/C=C/c1ccccc1)OC1C(OC(=O)/C=C/c2ccccc2)[C@H](OC(=O)/C=C/c2ccccc2)C2OC3(CCCCC3)OC2[C@@H]1OC(=O)/C=C/c1ccccc1. The molecule has 4 aromatic rings. The van der Waals surface area contributed by atoms with E-state index in [1.165, 1.54) is 24.3 Å². The van der Waals surface area contributed by atoms with Gasteiger partial charge in [0.1, 0.15) is 12.2 Å². The molecular formula is C48H44O10. The van der Waals surface area contributed by atoms with Crippen molar-refractivity contribution in [2.45, 2.75) is 74.5 Å². The first kappa shape index (κ1) is 39.9. The van der Waals surface area contributed by atoms with E-state index in [0.717, 1.165) is 41.5 Å². The third kappa shape index (κ3) is 10.5. The van der Waals surface area contributed by atoms with Crippen molar-refractivity contribution in [1.82, 2.24) is 0 Å². The van der Waals surface area contributed by atoms with Crippen LogP contribution in [0.1, 0.15) is 54.4 Å². The van der Waals surface area contributed by atoms with Crippen molar-refractivity contribution in [2.24, 2.45) is 0 Å². The Morgan fingerprint density at radius 3 is 0.983 bits per heavy atom. The Morgan fingerprint density at radius 1 is 0.414 bits per heavy atom. The molecule has 6 atom stereocenters. The number of fused-ring (bicyclic) bond motifs is 1. The van der Waals surface area contributed by atoms with E-state index in [1.54, 1.807) is 24.3 Å². The monoisotopic (exact) mass is 780 g/mol. The molecule has 10 heteroatoms. The molecule has 3 aliphatic rings. The first-order chi connectivity index (χ1) is 28.3. The van der Waals surface area contributed by atoms with Gasteiger partial charge in [0.15, 0.2) is 30.2 Å². The molecule has 0 bridgehead atoms. The van der Waals surface area contributed by atoms with Gasteiger partial charge in [-0.05, 0) is 59.4 Å². The first-order valence-corrected chi connectivity index (χ1v) is 19.4. The van der Waals surface area contributed by atoms with E-state index in [4.69, 9.17) is 28.4 Å². The number of hydrogen-bond acceptors (Lipinski definition) is 10. The fourth-order valence-electron chi connectivity index (χ4n) is 7.38. The van der Waals surface area contributed by atoms with E-state index in [2.05, 4.69) is 0 Å². The lowest BCUT2D eigenvalue weighted by Gasteiger charge is -2.44. The van der Waals surface area contributed by atoms with Crippen LogP contribution in [0.15, 0.2) is 146 Å². The minimum absolute atomic E-state index is 0.525. The maximum atomic E-state index is 13.7. The van der Waals surface area contributed by atoms with E-state index < -0.39 is 66.3 Å². The van der Waals surface area contributed by atoms with Gasteiger partial charge in [-0.3, -0.25) is 0 Å². The van der Waals surface area contributed by atoms with Crippen LogP contribution in [0.5, 0.6) is 0 Å². The number of carbonyl (C=O) groups excluding carboxylic acids is 4. The van der Waals surface area contributed by atoms with Gasteiger partial charge in [-0.25, -0.2) is 19.2 Å². The highest BCUT2D eigenvalue weighted by Crippen LogP contribution is 2.47. The minimum atomic E-state index is -1.52. The summed E-state index contributed by atoms with van der Waals surface area (Å²) in [5, 5.41) is 0. The average Bonchev–Trinajstić information content (AvgIpc) is 3.62. The molecule has 296 valence electrons. The van der Waals surface area contributed by atoms with E-state index in [0.29, 0.717) is 12.8 Å². The van der Waals surface area contributed by atoms with Crippen molar-refractivity contribution >= 4 is 48.2 Å². The Labute approximate surface area is 337 Å². The van der Waals surface area contributed by atoms with E-state index in [-0.39, 0.29) is 0 Å². The highest BCUT2D eigenvalue weighted by Gasteiger charge is 2.65. The van der Waals surface area contributed by atoms with Crippen molar-refractivity contribution in [3.8, 4) is 0 Å². The number of ether oxygens (including phenoxy) is 6. The summed E-state index contributed by atoms with van der Waals surface area (Å²) in [6, 6.07) is 36.6. The lowest BCUT2D eigenvalue weighted by molar-refractivity contribution is -0.230. The molecule has 1 saturated heterocycles. The summed E-state index contributed by atoms with van der Waals surface area (Å²) in [6.45, 7) is 0. The molecule has 1 heterocycles. The fraction of sp³-hybridized carbons (Fsp3) is 0.250. The number of hydrogen-bond donors (Lipinski definition) is 0. The predicted molar refractivity (Wildman–Crippen MR) is 217 cm³/mol. The summed E-state index contributed by atoms with van der Waals surface area (Å²) in [5.41, 5.74) is 2.97. The molecule has 0 amide bonds. The van der Waals surface area contributed by atoms with Gasteiger partial charge in [0.2, 0.25) is 0 Å². The van der Waals surface area contributed by atoms with Crippen LogP contribution in [0.4, 0.5) is 0 Å². The third-order valence-electron chi connectivity index (χ3n) is 10.1. The van der Waals surface area contributed by atoms with Gasteiger partial charge in [-0.15, -0.1) is 0 Å². The van der Waals surface area contributed by atoms with Crippen LogP contribution < -0.4 is 0 Å². The van der Waals surface area contributed by atoms with Crippen LogP contribution >= 0.6 is 0 Å². The van der Waals surface area contributed by atoms with E-state index in [9.17, 15) is 19.2 Å². The molecule has 4 aromatic carbocycles.